The molecule has 0 atom stereocenters. The topological polar surface area (TPSA) is 72.9 Å². The Hall–Kier alpha value is -2.56. The quantitative estimate of drug-likeness (QED) is 0.635. The van der Waals surface area contributed by atoms with Crippen LogP contribution >= 0.6 is 0 Å². The van der Waals surface area contributed by atoms with Crippen LogP contribution in [0.15, 0.2) is 42.7 Å². The van der Waals surface area contributed by atoms with Gasteiger partial charge in [-0.25, -0.2) is 0 Å². The highest BCUT2D eigenvalue weighted by Crippen LogP contribution is 2.08. The van der Waals surface area contributed by atoms with Crippen LogP contribution in [0.5, 0.6) is 0 Å². The maximum atomic E-state index is 11.6. The second kappa shape index (κ2) is 5.18. The zero-order valence-corrected chi connectivity index (χ0v) is 10.00. The summed E-state index contributed by atoms with van der Waals surface area (Å²) in [7, 11) is 1.79. The molecule has 0 saturated heterocycles. The van der Waals surface area contributed by atoms with E-state index in [-0.39, 0.29) is 5.91 Å². The number of nitrogen functional groups attached to an aromatic ring is 1. The second-order valence-corrected chi connectivity index (χ2v) is 3.89. The second-order valence-electron chi connectivity index (χ2n) is 3.89. The van der Waals surface area contributed by atoms with Gasteiger partial charge >= 0.3 is 0 Å². The molecule has 0 spiro atoms. The van der Waals surface area contributed by atoms with E-state index in [1.807, 2.05) is 12.1 Å². The first-order chi connectivity index (χ1) is 8.63. The van der Waals surface area contributed by atoms with Gasteiger partial charge in [-0.2, -0.15) is 5.10 Å². The first kappa shape index (κ1) is 11.9. The molecule has 1 aromatic heterocycles. The maximum Gasteiger partial charge on any atom is 0.248 e. The summed E-state index contributed by atoms with van der Waals surface area (Å²) in [6.45, 7) is 0. The van der Waals surface area contributed by atoms with Crippen molar-refractivity contribution in [2.75, 3.05) is 11.1 Å². The Morgan fingerprint density at radius 2 is 2.11 bits per heavy atom. The van der Waals surface area contributed by atoms with Crippen LogP contribution in [-0.2, 0) is 11.8 Å². The molecule has 2 rings (SSSR count). The van der Waals surface area contributed by atoms with Gasteiger partial charge in [0.15, 0.2) is 0 Å². The third-order valence-electron chi connectivity index (χ3n) is 2.34. The lowest BCUT2D eigenvalue weighted by Gasteiger charge is -1.97. The SMILES string of the molecule is Cn1cc(NC(=O)/C=C/c2ccc(N)cc2)cn1. The average molecular weight is 242 g/mol. The highest BCUT2D eigenvalue weighted by molar-refractivity contribution is 6.01. The predicted molar refractivity (Wildman–Crippen MR) is 71.7 cm³/mol. The van der Waals surface area contributed by atoms with E-state index in [0.29, 0.717) is 11.4 Å². The molecular weight excluding hydrogens is 228 g/mol. The molecule has 0 saturated carbocycles. The normalized spacial score (nSPS) is 10.7. The number of amides is 1. The van der Waals surface area contributed by atoms with Gasteiger partial charge in [-0.05, 0) is 23.8 Å². The maximum absolute atomic E-state index is 11.6. The molecule has 3 N–H and O–H groups in total. The van der Waals surface area contributed by atoms with Gasteiger partial charge in [0.05, 0.1) is 11.9 Å². The zero-order valence-electron chi connectivity index (χ0n) is 10.00. The van der Waals surface area contributed by atoms with Crippen LogP contribution in [0.25, 0.3) is 6.08 Å². The van der Waals surface area contributed by atoms with Crippen molar-refractivity contribution in [3.63, 3.8) is 0 Å². The molecule has 18 heavy (non-hydrogen) atoms. The third kappa shape index (κ3) is 3.21. The predicted octanol–water partition coefficient (Wildman–Crippen LogP) is 1.65. The van der Waals surface area contributed by atoms with Crippen LogP contribution < -0.4 is 11.1 Å². The standard InChI is InChI=1S/C13H14N4O/c1-17-9-12(8-15-17)16-13(18)7-4-10-2-5-11(14)6-3-10/h2-9H,14H2,1H3,(H,16,18)/b7-4+. The van der Waals surface area contributed by atoms with Crippen molar-refractivity contribution in [3.8, 4) is 0 Å². The Balaban J connectivity index is 1.96. The number of nitrogens with zero attached hydrogens (tertiary/aromatic N) is 2. The molecule has 2 aromatic rings. The van der Waals surface area contributed by atoms with E-state index < -0.39 is 0 Å². The molecule has 0 bridgehead atoms. The summed E-state index contributed by atoms with van der Waals surface area (Å²) < 4.78 is 1.62. The van der Waals surface area contributed by atoms with Gasteiger partial charge < -0.3 is 11.1 Å². The lowest BCUT2D eigenvalue weighted by Crippen LogP contribution is -2.06. The molecule has 1 heterocycles. The Morgan fingerprint density at radius 3 is 2.72 bits per heavy atom. The van der Waals surface area contributed by atoms with Crippen LogP contribution in [0.1, 0.15) is 5.56 Å². The molecular formula is C13H14N4O. The summed E-state index contributed by atoms with van der Waals surface area (Å²) in [5, 5.41) is 6.67. The van der Waals surface area contributed by atoms with Gasteiger partial charge in [0.1, 0.15) is 0 Å². The van der Waals surface area contributed by atoms with Gasteiger partial charge in [-0.1, -0.05) is 12.1 Å². The van der Waals surface area contributed by atoms with Crippen molar-refractivity contribution in [1.82, 2.24) is 9.78 Å². The molecule has 1 aromatic carbocycles. The number of nitrogens with two attached hydrogens (primary N) is 1. The summed E-state index contributed by atoms with van der Waals surface area (Å²) >= 11 is 0. The number of hydrogen-bond acceptors (Lipinski definition) is 3. The number of carbonyl (C=O) groups is 1. The van der Waals surface area contributed by atoms with E-state index in [9.17, 15) is 4.79 Å². The Kier molecular flexibility index (Phi) is 3.43. The summed E-state index contributed by atoms with van der Waals surface area (Å²) in [5.74, 6) is -0.195. The average Bonchev–Trinajstić information content (AvgIpc) is 2.74. The monoisotopic (exact) mass is 242 g/mol. The van der Waals surface area contributed by atoms with E-state index in [1.165, 1.54) is 6.08 Å². The summed E-state index contributed by atoms with van der Waals surface area (Å²) in [4.78, 5) is 11.6. The molecule has 1 amide bonds. The summed E-state index contributed by atoms with van der Waals surface area (Å²) in [6, 6.07) is 7.28. The molecule has 5 heteroatoms. The van der Waals surface area contributed by atoms with Gasteiger partial charge in [-0.15, -0.1) is 0 Å². The molecule has 5 nitrogen and oxygen atoms in total. The van der Waals surface area contributed by atoms with Crippen molar-refractivity contribution >= 4 is 23.4 Å². The van der Waals surface area contributed by atoms with Crippen molar-refractivity contribution in [2.24, 2.45) is 7.05 Å². The van der Waals surface area contributed by atoms with E-state index in [0.717, 1.165) is 5.56 Å². The number of aromatic nitrogens is 2. The van der Waals surface area contributed by atoms with Gasteiger partial charge in [0, 0.05) is 25.0 Å². The highest BCUT2D eigenvalue weighted by Gasteiger charge is 1.99. The number of aryl methyl sites for hydroxylation is 1. The van der Waals surface area contributed by atoms with E-state index >= 15 is 0 Å². The minimum absolute atomic E-state index is 0.195. The van der Waals surface area contributed by atoms with Crippen LogP contribution in [0.2, 0.25) is 0 Å². The van der Waals surface area contributed by atoms with Crippen molar-refractivity contribution in [1.29, 1.82) is 0 Å². The Morgan fingerprint density at radius 1 is 1.39 bits per heavy atom. The van der Waals surface area contributed by atoms with Gasteiger partial charge in [-0.3, -0.25) is 9.48 Å². The smallest absolute Gasteiger partial charge is 0.248 e. The number of nitrogens with one attached hydrogen (secondary N) is 1. The van der Waals surface area contributed by atoms with Gasteiger partial charge in [0.2, 0.25) is 5.91 Å². The van der Waals surface area contributed by atoms with Crippen LogP contribution in [0, 0.1) is 0 Å². The number of carbonyl (C=O) groups excluding carboxylic acids is 1. The molecule has 92 valence electrons. The van der Waals surface area contributed by atoms with Crippen LogP contribution in [-0.4, -0.2) is 15.7 Å². The third-order valence-corrected chi connectivity index (χ3v) is 2.34. The summed E-state index contributed by atoms with van der Waals surface area (Å²) in [5.41, 5.74) is 7.87. The van der Waals surface area contributed by atoms with Crippen LogP contribution in [0.3, 0.4) is 0 Å². The molecule has 0 radical (unpaired) electrons. The molecule has 0 aliphatic heterocycles. The zero-order chi connectivity index (χ0) is 13.0. The number of anilines is 2. The van der Waals surface area contributed by atoms with Crippen molar-refractivity contribution < 1.29 is 4.79 Å². The van der Waals surface area contributed by atoms with Gasteiger partial charge in [0.25, 0.3) is 0 Å². The van der Waals surface area contributed by atoms with E-state index in [2.05, 4.69) is 10.4 Å². The first-order valence-corrected chi connectivity index (χ1v) is 5.47. The molecule has 0 aliphatic carbocycles. The minimum Gasteiger partial charge on any atom is -0.399 e. The highest BCUT2D eigenvalue weighted by atomic mass is 16.1. The molecule has 0 fully saturated rings. The largest absolute Gasteiger partial charge is 0.399 e. The van der Waals surface area contributed by atoms with Crippen LogP contribution in [0.4, 0.5) is 11.4 Å². The molecule has 0 aliphatic rings. The summed E-state index contributed by atoms with van der Waals surface area (Å²) in [6.07, 6.45) is 6.52. The van der Waals surface area contributed by atoms with E-state index in [1.54, 1.807) is 42.3 Å². The minimum atomic E-state index is -0.195. The number of rotatable bonds is 3. The number of hydrogen-bond donors (Lipinski definition) is 2. The van der Waals surface area contributed by atoms with Crippen molar-refractivity contribution in [2.45, 2.75) is 0 Å². The fourth-order valence-corrected chi connectivity index (χ4v) is 1.45. The number of benzene rings is 1. The lowest BCUT2D eigenvalue weighted by molar-refractivity contribution is -0.111. The first-order valence-electron chi connectivity index (χ1n) is 5.47. The lowest BCUT2D eigenvalue weighted by atomic mass is 10.2. The fourth-order valence-electron chi connectivity index (χ4n) is 1.45. The molecule has 0 unspecified atom stereocenters. The fraction of sp³-hybridized carbons (Fsp3) is 0.0769. The Labute approximate surface area is 105 Å². The Bertz CT molecular complexity index is 569. The van der Waals surface area contributed by atoms with E-state index in [4.69, 9.17) is 5.73 Å². The van der Waals surface area contributed by atoms with Crippen molar-refractivity contribution in [3.05, 3.63) is 48.3 Å².